The molecule has 0 saturated carbocycles. The number of hydrogen-bond acceptors (Lipinski definition) is 2. The van der Waals surface area contributed by atoms with Crippen molar-refractivity contribution in [1.29, 1.82) is 0 Å². The van der Waals surface area contributed by atoms with Crippen LogP contribution in [0.2, 0.25) is 0 Å². The highest BCUT2D eigenvalue weighted by Crippen LogP contribution is 2.25. The summed E-state index contributed by atoms with van der Waals surface area (Å²) in [6.07, 6.45) is 1.10. The van der Waals surface area contributed by atoms with Crippen LogP contribution in [0.3, 0.4) is 0 Å². The smallest absolute Gasteiger partial charge is 0.0297 e. The average Bonchev–Trinajstić information content (AvgIpc) is 2.77. The summed E-state index contributed by atoms with van der Waals surface area (Å²) in [7, 11) is 0. The molecule has 0 aromatic heterocycles. The van der Waals surface area contributed by atoms with Crippen LogP contribution in [0, 0.1) is 0 Å². The van der Waals surface area contributed by atoms with Crippen molar-refractivity contribution in [3.8, 4) is 0 Å². The normalized spacial score (nSPS) is 13.6. The maximum absolute atomic E-state index is 3.69. The highest BCUT2D eigenvalue weighted by Gasteiger charge is 2.10. The second-order valence-electron chi connectivity index (χ2n) is 7.84. The van der Waals surface area contributed by atoms with Gasteiger partial charge in [0.1, 0.15) is 0 Å². The van der Waals surface area contributed by atoms with Crippen LogP contribution in [0.25, 0.3) is 21.5 Å². The second kappa shape index (κ2) is 9.21. The van der Waals surface area contributed by atoms with Crippen LogP contribution in [0.4, 0.5) is 0 Å². The first-order chi connectivity index (χ1) is 14.2. The van der Waals surface area contributed by atoms with E-state index in [1.54, 1.807) is 0 Å². The van der Waals surface area contributed by atoms with Gasteiger partial charge < -0.3 is 10.6 Å². The van der Waals surface area contributed by atoms with Crippen molar-refractivity contribution < 1.29 is 0 Å². The quantitative estimate of drug-likeness (QED) is 0.345. The lowest BCUT2D eigenvalue weighted by Gasteiger charge is -2.19. The van der Waals surface area contributed by atoms with Crippen LogP contribution in [0.1, 0.15) is 43.5 Å². The van der Waals surface area contributed by atoms with Gasteiger partial charge in [-0.1, -0.05) is 84.9 Å². The van der Waals surface area contributed by atoms with E-state index < -0.39 is 0 Å². The third kappa shape index (κ3) is 4.50. The fraction of sp³-hybridized carbons (Fsp3) is 0.259. The Morgan fingerprint density at radius 2 is 0.966 bits per heavy atom. The first-order valence-electron chi connectivity index (χ1n) is 10.7. The van der Waals surface area contributed by atoms with E-state index in [0.29, 0.717) is 12.1 Å². The molecule has 0 amide bonds. The highest BCUT2D eigenvalue weighted by atomic mass is 14.9. The zero-order chi connectivity index (χ0) is 20.1. The van der Waals surface area contributed by atoms with Crippen LogP contribution in [0.15, 0.2) is 84.9 Å². The SMILES string of the molecule is C[C@@H](NCCCN[C@H](C)c1cccc2ccccc12)c1cccc2ccccc12. The van der Waals surface area contributed by atoms with Gasteiger partial charge in [0.15, 0.2) is 0 Å². The van der Waals surface area contributed by atoms with E-state index in [1.165, 1.54) is 32.7 Å². The van der Waals surface area contributed by atoms with E-state index in [2.05, 4.69) is 109 Å². The van der Waals surface area contributed by atoms with Crippen LogP contribution >= 0.6 is 0 Å². The second-order valence-corrected chi connectivity index (χ2v) is 7.84. The summed E-state index contributed by atoms with van der Waals surface area (Å²) in [5.74, 6) is 0. The molecule has 0 aliphatic carbocycles. The number of nitrogens with one attached hydrogen (secondary N) is 2. The number of rotatable bonds is 8. The molecule has 29 heavy (non-hydrogen) atoms. The molecule has 148 valence electrons. The molecule has 0 unspecified atom stereocenters. The maximum atomic E-state index is 3.69. The highest BCUT2D eigenvalue weighted by molar-refractivity contribution is 5.86. The van der Waals surface area contributed by atoms with Gasteiger partial charge in [-0.05, 0) is 66.0 Å². The van der Waals surface area contributed by atoms with E-state index in [4.69, 9.17) is 0 Å². The van der Waals surface area contributed by atoms with Crippen molar-refractivity contribution in [2.75, 3.05) is 13.1 Å². The lowest BCUT2D eigenvalue weighted by Crippen LogP contribution is -2.26. The summed E-state index contributed by atoms with van der Waals surface area (Å²) in [4.78, 5) is 0. The molecule has 0 aliphatic rings. The summed E-state index contributed by atoms with van der Waals surface area (Å²) < 4.78 is 0. The van der Waals surface area contributed by atoms with E-state index in [0.717, 1.165) is 19.5 Å². The number of fused-ring (bicyclic) bond motifs is 2. The average molecular weight is 383 g/mol. The molecule has 2 N–H and O–H groups in total. The molecule has 4 aromatic carbocycles. The lowest BCUT2D eigenvalue weighted by molar-refractivity contribution is 0.513. The number of benzene rings is 4. The standard InChI is InChI=1S/C27H30N2/c1-20(24-16-7-12-22-10-3-5-14-26(22)24)28-18-9-19-29-21(2)25-17-8-13-23-11-4-6-15-27(23)25/h3-8,10-17,20-21,28-29H,9,18-19H2,1-2H3/t20-,21-/m1/s1. The molecule has 0 fully saturated rings. The molecule has 0 aliphatic heterocycles. The predicted molar refractivity (Wildman–Crippen MR) is 125 cm³/mol. The molecule has 2 atom stereocenters. The predicted octanol–water partition coefficient (Wildman–Crippen LogP) is 6.38. The van der Waals surface area contributed by atoms with Crippen molar-refractivity contribution in [1.82, 2.24) is 10.6 Å². The Morgan fingerprint density at radius 1 is 0.552 bits per heavy atom. The van der Waals surface area contributed by atoms with Crippen LogP contribution in [0.5, 0.6) is 0 Å². The van der Waals surface area contributed by atoms with Gasteiger partial charge in [-0.25, -0.2) is 0 Å². The maximum Gasteiger partial charge on any atom is 0.0297 e. The minimum Gasteiger partial charge on any atom is -0.310 e. The molecular formula is C27H30N2. The molecule has 2 heteroatoms. The fourth-order valence-electron chi connectivity index (χ4n) is 4.20. The van der Waals surface area contributed by atoms with Crippen molar-refractivity contribution in [3.05, 3.63) is 96.1 Å². The Hall–Kier alpha value is -2.68. The Kier molecular flexibility index (Phi) is 6.24. The summed E-state index contributed by atoms with van der Waals surface area (Å²) >= 11 is 0. The zero-order valence-corrected chi connectivity index (χ0v) is 17.4. The Balaban J connectivity index is 1.29. The zero-order valence-electron chi connectivity index (χ0n) is 17.4. The van der Waals surface area contributed by atoms with Crippen LogP contribution in [-0.4, -0.2) is 13.1 Å². The minimum absolute atomic E-state index is 0.344. The summed E-state index contributed by atoms with van der Waals surface area (Å²) in [5.41, 5.74) is 2.75. The van der Waals surface area contributed by atoms with Gasteiger partial charge in [-0.3, -0.25) is 0 Å². The molecule has 0 heterocycles. The molecule has 0 bridgehead atoms. The van der Waals surface area contributed by atoms with Crippen LogP contribution in [-0.2, 0) is 0 Å². The Morgan fingerprint density at radius 3 is 1.45 bits per heavy atom. The van der Waals surface area contributed by atoms with Crippen molar-refractivity contribution in [2.24, 2.45) is 0 Å². The van der Waals surface area contributed by atoms with Gasteiger partial charge in [0.05, 0.1) is 0 Å². The first-order valence-corrected chi connectivity index (χ1v) is 10.7. The molecule has 4 aromatic rings. The Bertz CT molecular complexity index is 988. The van der Waals surface area contributed by atoms with Gasteiger partial charge in [0, 0.05) is 12.1 Å². The van der Waals surface area contributed by atoms with E-state index >= 15 is 0 Å². The minimum atomic E-state index is 0.344. The topological polar surface area (TPSA) is 24.1 Å². The molecule has 2 nitrogen and oxygen atoms in total. The molecular weight excluding hydrogens is 352 g/mol. The van der Waals surface area contributed by atoms with E-state index in [9.17, 15) is 0 Å². The fourth-order valence-corrected chi connectivity index (χ4v) is 4.20. The van der Waals surface area contributed by atoms with Crippen LogP contribution < -0.4 is 10.6 Å². The molecule has 0 saturated heterocycles. The first kappa shape index (κ1) is 19.6. The summed E-state index contributed by atoms with van der Waals surface area (Å²) in [6, 6.07) is 31.1. The summed E-state index contributed by atoms with van der Waals surface area (Å²) in [6.45, 7) is 6.52. The van der Waals surface area contributed by atoms with E-state index in [-0.39, 0.29) is 0 Å². The number of hydrogen-bond donors (Lipinski definition) is 2. The third-order valence-electron chi connectivity index (χ3n) is 5.83. The largest absolute Gasteiger partial charge is 0.310 e. The molecule has 0 radical (unpaired) electrons. The monoisotopic (exact) mass is 382 g/mol. The van der Waals surface area contributed by atoms with Gasteiger partial charge in [0.2, 0.25) is 0 Å². The van der Waals surface area contributed by atoms with Gasteiger partial charge in [-0.2, -0.15) is 0 Å². The van der Waals surface area contributed by atoms with Gasteiger partial charge >= 0.3 is 0 Å². The van der Waals surface area contributed by atoms with Gasteiger partial charge in [-0.15, -0.1) is 0 Å². The summed E-state index contributed by atoms with van der Waals surface area (Å²) in [5, 5.41) is 12.7. The van der Waals surface area contributed by atoms with E-state index in [1.807, 2.05) is 0 Å². The van der Waals surface area contributed by atoms with Crippen molar-refractivity contribution in [2.45, 2.75) is 32.4 Å². The van der Waals surface area contributed by atoms with Crippen molar-refractivity contribution in [3.63, 3.8) is 0 Å². The molecule has 4 rings (SSSR count). The van der Waals surface area contributed by atoms with Gasteiger partial charge in [0.25, 0.3) is 0 Å². The van der Waals surface area contributed by atoms with Crippen molar-refractivity contribution >= 4 is 21.5 Å². The molecule has 0 spiro atoms. The third-order valence-corrected chi connectivity index (χ3v) is 5.83. The Labute approximate surface area is 174 Å². The lowest BCUT2D eigenvalue weighted by atomic mass is 9.99.